The molecule has 0 unspecified atom stereocenters. The maximum absolute atomic E-state index is 12.6. The highest BCUT2D eigenvalue weighted by molar-refractivity contribution is 5.79. The first kappa shape index (κ1) is 13.9. The molecule has 2 fully saturated rings. The monoisotopic (exact) mass is 302 g/mol. The number of rotatable bonds is 2. The number of ether oxygens (including phenoxy) is 1. The van der Waals surface area contributed by atoms with Gasteiger partial charge in [0.15, 0.2) is 0 Å². The zero-order valence-corrected chi connectivity index (χ0v) is 12.8. The van der Waals surface area contributed by atoms with Crippen LogP contribution in [0.25, 0.3) is 0 Å². The molecule has 1 saturated heterocycles. The molecule has 0 aromatic carbocycles. The summed E-state index contributed by atoms with van der Waals surface area (Å²) in [5, 5.41) is 0. The quantitative estimate of drug-likeness (QED) is 0.825. The molecule has 0 bridgehead atoms. The molecule has 0 spiro atoms. The molecule has 22 heavy (non-hydrogen) atoms. The Labute approximate surface area is 130 Å². The van der Waals surface area contributed by atoms with Crippen molar-refractivity contribution in [1.82, 2.24) is 14.9 Å². The number of anilines is 1. The van der Waals surface area contributed by atoms with Gasteiger partial charge in [0.05, 0.1) is 25.5 Å². The number of hydrogen-bond acceptors (Lipinski definition) is 5. The lowest BCUT2D eigenvalue weighted by atomic mass is 10.1. The highest BCUT2D eigenvalue weighted by Gasteiger charge is 2.32. The minimum absolute atomic E-state index is 0.237. The van der Waals surface area contributed by atoms with Gasteiger partial charge in [-0.25, -0.2) is 9.97 Å². The van der Waals surface area contributed by atoms with Crippen LogP contribution in [0.4, 0.5) is 5.95 Å². The van der Waals surface area contributed by atoms with Crippen LogP contribution in [0, 0.1) is 5.92 Å². The van der Waals surface area contributed by atoms with Crippen molar-refractivity contribution in [2.24, 2.45) is 5.92 Å². The van der Waals surface area contributed by atoms with E-state index in [4.69, 9.17) is 9.72 Å². The Balaban J connectivity index is 1.47. The molecule has 0 atom stereocenters. The van der Waals surface area contributed by atoms with Crippen LogP contribution in [-0.4, -0.2) is 47.1 Å². The van der Waals surface area contributed by atoms with Crippen molar-refractivity contribution in [3.8, 4) is 0 Å². The fourth-order valence-electron chi connectivity index (χ4n) is 3.65. The maximum atomic E-state index is 12.6. The van der Waals surface area contributed by atoms with Crippen LogP contribution in [-0.2, 0) is 22.6 Å². The number of carbonyl (C=O) groups excluding carboxylic acids is 1. The molecule has 3 aliphatic rings. The molecule has 1 saturated carbocycles. The summed E-state index contributed by atoms with van der Waals surface area (Å²) in [6.07, 6.45) is 6.39. The zero-order chi connectivity index (χ0) is 14.9. The van der Waals surface area contributed by atoms with Gasteiger partial charge in [-0.2, -0.15) is 0 Å². The highest BCUT2D eigenvalue weighted by atomic mass is 16.5. The van der Waals surface area contributed by atoms with E-state index in [1.54, 1.807) is 0 Å². The Hall–Kier alpha value is -1.69. The SMILES string of the molecule is O=C(C1CCCC1)N1Cc2cnc(N3CCOCC3)nc2C1. The standard InChI is InChI=1S/C16H22N4O2/c21-15(12-3-1-2-4-12)20-10-13-9-17-16(18-14(13)11-20)19-5-7-22-8-6-19/h9,12H,1-8,10-11H2. The van der Waals surface area contributed by atoms with Crippen molar-refractivity contribution in [2.75, 3.05) is 31.2 Å². The van der Waals surface area contributed by atoms with Crippen LogP contribution in [0.1, 0.15) is 36.9 Å². The second-order valence-electron chi connectivity index (χ2n) is 6.42. The molecule has 1 aromatic heterocycles. The molecule has 1 aromatic rings. The lowest BCUT2D eigenvalue weighted by Crippen LogP contribution is -2.37. The number of morpholine rings is 1. The molecule has 0 radical (unpaired) electrons. The Bertz CT molecular complexity index is 565. The maximum Gasteiger partial charge on any atom is 0.226 e. The predicted octanol–water partition coefficient (Wildman–Crippen LogP) is 1.35. The Kier molecular flexibility index (Phi) is 3.70. The van der Waals surface area contributed by atoms with Gasteiger partial charge < -0.3 is 14.5 Å². The van der Waals surface area contributed by atoms with E-state index in [1.165, 1.54) is 12.8 Å². The number of hydrogen-bond donors (Lipinski definition) is 0. The Morgan fingerprint density at radius 2 is 1.95 bits per heavy atom. The molecule has 1 amide bonds. The summed E-state index contributed by atoms with van der Waals surface area (Å²) < 4.78 is 5.37. The van der Waals surface area contributed by atoms with E-state index in [2.05, 4.69) is 9.88 Å². The average Bonchev–Trinajstić information content (AvgIpc) is 3.23. The summed E-state index contributed by atoms with van der Waals surface area (Å²) >= 11 is 0. The molecule has 6 nitrogen and oxygen atoms in total. The molecule has 2 aliphatic heterocycles. The van der Waals surface area contributed by atoms with Gasteiger partial charge in [-0.3, -0.25) is 4.79 Å². The fraction of sp³-hybridized carbons (Fsp3) is 0.688. The number of amides is 1. The largest absolute Gasteiger partial charge is 0.378 e. The van der Waals surface area contributed by atoms with Gasteiger partial charge in [-0.05, 0) is 12.8 Å². The van der Waals surface area contributed by atoms with E-state index >= 15 is 0 Å². The lowest BCUT2D eigenvalue weighted by Gasteiger charge is -2.26. The van der Waals surface area contributed by atoms with E-state index in [0.717, 1.165) is 56.4 Å². The van der Waals surface area contributed by atoms with E-state index in [0.29, 0.717) is 19.0 Å². The van der Waals surface area contributed by atoms with Crippen molar-refractivity contribution >= 4 is 11.9 Å². The normalized spacial score (nSPS) is 22.2. The van der Waals surface area contributed by atoms with Crippen molar-refractivity contribution in [2.45, 2.75) is 38.8 Å². The third-order valence-electron chi connectivity index (χ3n) is 4.95. The summed E-state index contributed by atoms with van der Waals surface area (Å²) in [7, 11) is 0. The van der Waals surface area contributed by atoms with Crippen LogP contribution >= 0.6 is 0 Å². The summed E-state index contributed by atoms with van der Waals surface area (Å²) in [5.74, 6) is 1.32. The van der Waals surface area contributed by atoms with Crippen molar-refractivity contribution in [1.29, 1.82) is 0 Å². The third-order valence-corrected chi connectivity index (χ3v) is 4.95. The van der Waals surface area contributed by atoms with E-state index in [9.17, 15) is 4.79 Å². The molecule has 118 valence electrons. The van der Waals surface area contributed by atoms with Gasteiger partial charge in [-0.15, -0.1) is 0 Å². The van der Waals surface area contributed by atoms with Gasteiger partial charge in [0, 0.05) is 37.3 Å². The van der Waals surface area contributed by atoms with Gasteiger partial charge in [-0.1, -0.05) is 12.8 Å². The second-order valence-corrected chi connectivity index (χ2v) is 6.42. The first-order chi connectivity index (χ1) is 10.8. The van der Waals surface area contributed by atoms with Crippen molar-refractivity contribution in [3.63, 3.8) is 0 Å². The topological polar surface area (TPSA) is 58.6 Å². The summed E-state index contributed by atoms with van der Waals surface area (Å²) in [5.41, 5.74) is 2.12. The van der Waals surface area contributed by atoms with Gasteiger partial charge in [0.2, 0.25) is 11.9 Å². The van der Waals surface area contributed by atoms with Gasteiger partial charge >= 0.3 is 0 Å². The summed E-state index contributed by atoms with van der Waals surface area (Å²) in [6.45, 7) is 4.45. The highest BCUT2D eigenvalue weighted by Crippen LogP contribution is 2.30. The van der Waals surface area contributed by atoms with Crippen molar-refractivity contribution in [3.05, 3.63) is 17.5 Å². The minimum Gasteiger partial charge on any atom is -0.378 e. The Morgan fingerprint density at radius 3 is 2.73 bits per heavy atom. The molecule has 6 heteroatoms. The number of nitrogens with zero attached hydrogens (tertiary/aromatic N) is 4. The molecule has 0 N–H and O–H groups in total. The van der Waals surface area contributed by atoms with Crippen LogP contribution in [0.5, 0.6) is 0 Å². The summed E-state index contributed by atoms with van der Waals surface area (Å²) in [4.78, 5) is 25.9. The fourth-order valence-corrected chi connectivity index (χ4v) is 3.65. The first-order valence-electron chi connectivity index (χ1n) is 8.27. The lowest BCUT2D eigenvalue weighted by molar-refractivity contribution is -0.136. The van der Waals surface area contributed by atoms with E-state index in [1.807, 2.05) is 11.1 Å². The van der Waals surface area contributed by atoms with Crippen LogP contribution in [0.3, 0.4) is 0 Å². The number of fused-ring (bicyclic) bond motifs is 1. The van der Waals surface area contributed by atoms with E-state index in [-0.39, 0.29) is 5.92 Å². The second kappa shape index (κ2) is 5.83. The smallest absolute Gasteiger partial charge is 0.226 e. The number of carbonyl (C=O) groups is 1. The minimum atomic E-state index is 0.237. The van der Waals surface area contributed by atoms with Gasteiger partial charge in [0.25, 0.3) is 0 Å². The van der Waals surface area contributed by atoms with Crippen LogP contribution in [0.15, 0.2) is 6.20 Å². The molecule has 1 aliphatic carbocycles. The Morgan fingerprint density at radius 1 is 1.18 bits per heavy atom. The summed E-state index contributed by atoms with van der Waals surface area (Å²) in [6, 6.07) is 0. The van der Waals surface area contributed by atoms with Crippen molar-refractivity contribution < 1.29 is 9.53 Å². The molecule has 4 rings (SSSR count). The molecular weight excluding hydrogens is 280 g/mol. The number of aromatic nitrogens is 2. The van der Waals surface area contributed by atoms with Crippen LogP contribution < -0.4 is 4.90 Å². The predicted molar refractivity (Wildman–Crippen MR) is 81.3 cm³/mol. The zero-order valence-electron chi connectivity index (χ0n) is 12.8. The average molecular weight is 302 g/mol. The van der Waals surface area contributed by atoms with Gasteiger partial charge in [0.1, 0.15) is 0 Å². The third kappa shape index (κ3) is 2.56. The first-order valence-corrected chi connectivity index (χ1v) is 8.27. The van der Waals surface area contributed by atoms with E-state index < -0.39 is 0 Å². The molecule has 3 heterocycles. The van der Waals surface area contributed by atoms with Crippen LogP contribution in [0.2, 0.25) is 0 Å². The molecular formula is C16H22N4O2.